The Morgan fingerprint density at radius 2 is 1.80 bits per heavy atom. The first kappa shape index (κ1) is 22.9. The Hall–Kier alpha value is -3.85. The van der Waals surface area contributed by atoms with Crippen molar-refractivity contribution < 1.29 is 17.9 Å². The highest BCUT2D eigenvalue weighted by molar-refractivity contribution is 7.90. The summed E-state index contributed by atoms with van der Waals surface area (Å²) in [5.74, 6) is 0.987. The number of carbonyl (C=O) groups excluding carboxylic acids is 1. The monoisotopic (exact) mass is 490 g/mol. The summed E-state index contributed by atoms with van der Waals surface area (Å²) in [6.07, 6.45) is -0.137. The number of likely N-dealkylation sites (N-methyl/N-ethyl adjacent to an activating group) is 2. The van der Waals surface area contributed by atoms with Crippen molar-refractivity contribution in [2.24, 2.45) is 4.40 Å². The van der Waals surface area contributed by atoms with E-state index in [0.717, 1.165) is 18.0 Å². The van der Waals surface area contributed by atoms with Crippen molar-refractivity contribution in [3.63, 3.8) is 0 Å². The van der Waals surface area contributed by atoms with Crippen molar-refractivity contribution in [3.05, 3.63) is 83.9 Å². The van der Waals surface area contributed by atoms with Crippen LogP contribution >= 0.6 is 0 Å². The molecule has 2 aliphatic heterocycles. The minimum Gasteiger partial charge on any atom is -0.485 e. The molecule has 2 aliphatic rings. The number of amidine groups is 1. The number of rotatable bonds is 5. The predicted molar refractivity (Wildman–Crippen MR) is 136 cm³/mol. The summed E-state index contributed by atoms with van der Waals surface area (Å²) in [6.45, 7) is 4.13. The molecule has 180 valence electrons. The van der Waals surface area contributed by atoms with Crippen molar-refractivity contribution in [1.82, 2.24) is 4.90 Å². The second kappa shape index (κ2) is 9.07. The molecular weight excluding hydrogens is 464 g/mol. The summed E-state index contributed by atoms with van der Waals surface area (Å²) >= 11 is 0. The third-order valence-corrected chi connectivity index (χ3v) is 7.49. The zero-order valence-corrected chi connectivity index (χ0v) is 20.3. The number of amides is 1. The van der Waals surface area contributed by atoms with Crippen molar-refractivity contribution in [2.45, 2.75) is 17.9 Å². The van der Waals surface area contributed by atoms with Gasteiger partial charge in [-0.15, -0.1) is 4.40 Å². The Morgan fingerprint density at radius 3 is 2.57 bits per heavy atom. The van der Waals surface area contributed by atoms with Crippen molar-refractivity contribution in [2.75, 3.05) is 36.9 Å². The number of hydrogen-bond acceptors (Lipinski definition) is 6. The zero-order valence-electron chi connectivity index (χ0n) is 19.5. The van der Waals surface area contributed by atoms with Gasteiger partial charge in [0.1, 0.15) is 16.7 Å². The molecule has 9 heteroatoms. The average Bonchev–Trinajstić information content (AvgIpc) is 3.13. The van der Waals surface area contributed by atoms with Gasteiger partial charge in [0.15, 0.2) is 5.84 Å². The van der Waals surface area contributed by atoms with Crippen molar-refractivity contribution in [3.8, 4) is 5.75 Å². The lowest BCUT2D eigenvalue weighted by Crippen LogP contribution is -2.46. The molecule has 0 saturated heterocycles. The number of nitrogens with zero attached hydrogens (tertiary/aromatic N) is 3. The Bertz CT molecular complexity index is 1400. The van der Waals surface area contributed by atoms with Gasteiger partial charge in [-0.3, -0.25) is 4.79 Å². The van der Waals surface area contributed by atoms with E-state index < -0.39 is 10.0 Å². The van der Waals surface area contributed by atoms with E-state index in [1.807, 2.05) is 24.3 Å². The molecule has 0 radical (unpaired) electrons. The normalized spacial score (nSPS) is 17.6. The summed E-state index contributed by atoms with van der Waals surface area (Å²) in [6, 6.07) is 21.5. The number of ether oxygens (including phenoxy) is 1. The molecule has 1 atom stereocenters. The average molecular weight is 491 g/mol. The van der Waals surface area contributed by atoms with E-state index in [1.165, 1.54) is 6.07 Å². The van der Waals surface area contributed by atoms with Crippen LogP contribution in [-0.2, 0) is 10.0 Å². The number of fused-ring (bicyclic) bond motifs is 2. The summed E-state index contributed by atoms with van der Waals surface area (Å²) in [7, 11) is -1.93. The first-order chi connectivity index (χ1) is 16.9. The van der Waals surface area contributed by atoms with Gasteiger partial charge < -0.3 is 19.9 Å². The molecule has 1 N–H and O–H groups in total. The van der Waals surface area contributed by atoms with Crippen LogP contribution in [0.3, 0.4) is 0 Å². The van der Waals surface area contributed by atoms with Gasteiger partial charge in [0.25, 0.3) is 15.9 Å². The van der Waals surface area contributed by atoms with Crippen molar-refractivity contribution in [1.29, 1.82) is 0 Å². The third-order valence-electron chi connectivity index (χ3n) is 6.16. The molecule has 2 heterocycles. The summed E-state index contributed by atoms with van der Waals surface area (Å²) in [5, 5.41) is 3.05. The fraction of sp³-hybridized carbons (Fsp3) is 0.231. The van der Waals surface area contributed by atoms with Gasteiger partial charge in [-0.2, -0.15) is 8.42 Å². The molecule has 0 bridgehead atoms. The Morgan fingerprint density at radius 1 is 1.09 bits per heavy atom. The topological polar surface area (TPSA) is 91.3 Å². The fourth-order valence-electron chi connectivity index (χ4n) is 4.41. The van der Waals surface area contributed by atoms with Gasteiger partial charge in [0.05, 0.1) is 18.8 Å². The van der Waals surface area contributed by atoms with Crippen LogP contribution in [0.4, 0.5) is 11.4 Å². The first-order valence-electron chi connectivity index (χ1n) is 11.4. The molecule has 8 nitrogen and oxygen atoms in total. The van der Waals surface area contributed by atoms with Crippen LogP contribution in [-0.4, -0.2) is 57.8 Å². The third kappa shape index (κ3) is 4.46. The zero-order chi connectivity index (χ0) is 24.6. The maximum absolute atomic E-state index is 13.1. The van der Waals surface area contributed by atoms with E-state index in [0.29, 0.717) is 29.9 Å². The minimum atomic E-state index is -3.70. The van der Waals surface area contributed by atoms with E-state index in [9.17, 15) is 13.2 Å². The van der Waals surface area contributed by atoms with E-state index in [2.05, 4.69) is 21.5 Å². The summed E-state index contributed by atoms with van der Waals surface area (Å²) in [4.78, 5) is 17.2. The molecule has 1 amide bonds. The molecular formula is C26H26N4O4S. The largest absolute Gasteiger partial charge is 0.485 e. The van der Waals surface area contributed by atoms with Crippen LogP contribution in [0.1, 0.15) is 22.8 Å². The quantitative estimate of drug-likeness (QED) is 0.588. The lowest BCUT2D eigenvalue weighted by Gasteiger charge is -2.37. The Kier molecular flexibility index (Phi) is 5.94. The minimum absolute atomic E-state index is 0.117. The van der Waals surface area contributed by atoms with Crippen LogP contribution in [0, 0.1) is 0 Å². The van der Waals surface area contributed by atoms with Crippen LogP contribution in [0.15, 0.2) is 82.1 Å². The van der Waals surface area contributed by atoms with Crippen LogP contribution in [0.5, 0.6) is 5.75 Å². The van der Waals surface area contributed by atoms with Crippen LogP contribution in [0.25, 0.3) is 0 Å². The molecule has 5 rings (SSSR count). The molecule has 0 aromatic heterocycles. The smallest absolute Gasteiger partial charge is 0.285 e. The number of carbonyl (C=O) groups is 1. The van der Waals surface area contributed by atoms with Gasteiger partial charge in [-0.05, 0) is 55.5 Å². The molecule has 0 spiro atoms. The Labute approximate surface area is 204 Å². The van der Waals surface area contributed by atoms with E-state index >= 15 is 0 Å². The fourth-order valence-corrected chi connectivity index (χ4v) is 5.59. The summed E-state index contributed by atoms with van der Waals surface area (Å²) < 4.78 is 34.5. The van der Waals surface area contributed by atoms with Gasteiger partial charge in [0.2, 0.25) is 0 Å². The lowest BCUT2D eigenvalue weighted by atomic mass is 10.1. The molecule has 35 heavy (non-hydrogen) atoms. The summed E-state index contributed by atoms with van der Waals surface area (Å²) in [5.41, 5.74) is 2.77. The standard InChI is InChI=1S/C26H26N4O4S/c1-3-30-17-20(34-23-10-6-5-9-22(23)30)16-29(2)26(31)18-12-14-19(15-13-18)27-25-21-8-4-7-11-24(21)35(32,33)28-25/h4-15,20H,3,16-17H2,1-2H3,(H,27,28)/t20-/m1/s1. The number of benzene rings is 3. The number of sulfonamides is 1. The second-order valence-electron chi connectivity index (χ2n) is 8.55. The number of nitrogens with one attached hydrogen (secondary N) is 1. The van der Waals surface area contributed by atoms with Gasteiger partial charge in [-0.25, -0.2) is 0 Å². The van der Waals surface area contributed by atoms with Crippen LogP contribution < -0.4 is 15.0 Å². The Balaban J connectivity index is 1.25. The van der Waals surface area contributed by atoms with Gasteiger partial charge in [-0.1, -0.05) is 24.3 Å². The molecule has 0 aliphatic carbocycles. The molecule has 3 aromatic carbocycles. The molecule has 0 saturated carbocycles. The SMILES string of the molecule is CCN1C[C@@H](CN(C)C(=O)c2ccc(NC3=NS(=O)(=O)c4ccccc43)cc2)Oc2ccccc21. The second-order valence-corrected chi connectivity index (χ2v) is 10.1. The predicted octanol–water partition coefficient (Wildman–Crippen LogP) is 3.61. The highest BCUT2D eigenvalue weighted by atomic mass is 32.2. The van der Waals surface area contributed by atoms with E-state index in [4.69, 9.17) is 4.74 Å². The molecule has 0 fully saturated rings. The highest BCUT2D eigenvalue weighted by Gasteiger charge is 2.29. The maximum atomic E-state index is 13.1. The lowest BCUT2D eigenvalue weighted by molar-refractivity contribution is 0.0709. The first-order valence-corrected chi connectivity index (χ1v) is 12.9. The number of para-hydroxylation sites is 2. The highest BCUT2D eigenvalue weighted by Crippen LogP contribution is 2.33. The van der Waals surface area contributed by atoms with Gasteiger partial charge >= 0.3 is 0 Å². The van der Waals surface area contributed by atoms with Crippen LogP contribution in [0.2, 0.25) is 0 Å². The van der Waals surface area contributed by atoms with E-state index in [1.54, 1.807) is 54.4 Å². The van der Waals surface area contributed by atoms with Gasteiger partial charge in [0, 0.05) is 30.4 Å². The number of anilines is 2. The van der Waals surface area contributed by atoms with E-state index in [-0.39, 0.29) is 22.7 Å². The molecule has 0 unspecified atom stereocenters. The maximum Gasteiger partial charge on any atom is 0.285 e. The molecule has 3 aromatic rings. The number of hydrogen-bond donors (Lipinski definition) is 1. The van der Waals surface area contributed by atoms with Crippen molar-refractivity contribution >= 4 is 33.1 Å².